The fourth-order valence-corrected chi connectivity index (χ4v) is 5.86. The lowest BCUT2D eigenvalue weighted by molar-refractivity contribution is -0.121. The summed E-state index contributed by atoms with van der Waals surface area (Å²) in [5.41, 5.74) is 4.11. The van der Waals surface area contributed by atoms with Gasteiger partial charge in [0.25, 0.3) is 11.5 Å². The zero-order valence-corrected chi connectivity index (χ0v) is 21.1. The normalized spacial score (nSPS) is 15.6. The first kappa shape index (κ1) is 23.4. The lowest BCUT2D eigenvalue weighted by Gasteiger charge is -2.17. The number of methoxy groups -OCH3 is 1. The van der Waals surface area contributed by atoms with Crippen molar-refractivity contribution in [3.05, 3.63) is 49.3 Å². The van der Waals surface area contributed by atoms with Crippen molar-refractivity contribution in [1.29, 1.82) is 0 Å². The van der Waals surface area contributed by atoms with Gasteiger partial charge in [-0.3, -0.25) is 14.2 Å². The Morgan fingerprint density at radius 2 is 2.27 bits per heavy atom. The Morgan fingerprint density at radius 1 is 1.45 bits per heavy atom. The molecule has 0 spiro atoms. The number of nitrogens with zero attached hydrogens (tertiary/aromatic N) is 3. The van der Waals surface area contributed by atoms with E-state index in [9.17, 15) is 9.59 Å². The Morgan fingerprint density at radius 3 is 3.03 bits per heavy atom. The van der Waals surface area contributed by atoms with Crippen molar-refractivity contribution in [2.75, 3.05) is 13.7 Å². The van der Waals surface area contributed by atoms with E-state index in [-0.39, 0.29) is 12.1 Å². The van der Waals surface area contributed by atoms with E-state index in [2.05, 4.69) is 38.4 Å². The smallest absolute Gasteiger partial charge is 0.262 e. The van der Waals surface area contributed by atoms with E-state index in [0.717, 1.165) is 34.1 Å². The van der Waals surface area contributed by atoms with Crippen LogP contribution >= 0.6 is 27.3 Å². The van der Waals surface area contributed by atoms with Crippen LogP contribution in [0.5, 0.6) is 11.5 Å². The summed E-state index contributed by atoms with van der Waals surface area (Å²) < 4.78 is 13.0. The van der Waals surface area contributed by atoms with Crippen LogP contribution in [-0.2, 0) is 24.2 Å². The average molecular weight is 533 g/mol. The molecule has 0 fully saturated rings. The summed E-state index contributed by atoms with van der Waals surface area (Å²) in [7, 11) is 1.56. The minimum absolute atomic E-state index is 0.156. The van der Waals surface area contributed by atoms with Crippen molar-refractivity contribution in [2.45, 2.75) is 39.7 Å². The summed E-state index contributed by atoms with van der Waals surface area (Å²) in [6, 6.07) is 3.57. The van der Waals surface area contributed by atoms with Crippen LogP contribution in [0.15, 0.2) is 32.8 Å². The molecule has 2 heterocycles. The predicted molar refractivity (Wildman–Crippen MR) is 133 cm³/mol. The van der Waals surface area contributed by atoms with E-state index in [1.54, 1.807) is 24.5 Å². The molecule has 1 aliphatic carbocycles. The molecule has 1 atom stereocenters. The second-order valence-electron chi connectivity index (χ2n) is 7.97. The summed E-state index contributed by atoms with van der Waals surface area (Å²) >= 11 is 5.05. The predicted octanol–water partition coefficient (Wildman–Crippen LogP) is 3.90. The van der Waals surface area contributed by atoms with E-state index in [1.807, 2.05) is 13.0 Å². The van der Waals surface area contributed by atoms with Gasteiger partial charge in [-0.25, -0.2) is 10.4 Å². The summed E-state index contributed by atoms with van der Waals surface area (Å²) in [6.45, 7) is 4.47. The van der Waals surface area contributed by atoms with E-state index in [0.29, 0.717) is 35.0 Å². The number of hydrazone groups is 1. The quantitative estimate of drug-likeness (QED) is 0.367. The van der Waals surface area contributed by atoms with Crippen LogP contribution in [0.2, 0.25) is 0 Å². The first-order chi connectivity index (χ1) is 15.9. The van der Waals surface area contributed by atoms with Gasteiger partial charge in [-0.2, -0.15) is 5.10 Å². The lowest BCUT2D eigenvalue weighted by atomic mass is 9.89. The van der Waals surface area contributed by atoms with Gasteiger partial charge in [0.05, 0.1) is 36.1 Å². The third-order valence-electron chi connectivity index (χ3n) is 5.54. The van der Waals surface area contributed by atoms with Gasteiger partial charge >= 0.3 is 0 Å². The van der Waals surface area contributed by atoms with Crippen LogP contribution in [0.1, 0.15) is 36.3 Å². The number of thiophene rings is 1. The van der Waals surface area contributed by atoms with Gasteiger partial charge in [-0.1, -0.05) is 6.92 Å². The molecule has 0 bridgehead atoms. The fourth-order valence-electron chi connectivity index (χ4n) is 3.95. The minimum atomic E-state index is -0.413. The number of aromatic nitrogens is 2. The number of halogens is 1. The van der Waals surface area contributed by atoms with Crippen molar-refractivity contribution in [3.63, 3.8) is 0 Å². The van der Waals surface area contributed by atoms with Gasteiger partial charge in [0.15, 0.2) is 11.5 Å². The Labute approximate surface area is 203 Å². The van der Waals surface area contributed by atoms with E-state index in [1.165, 1.54) is 22.0 Å². The van der Waals surface area contributed by atoms with Gasteiger partial charge < -0.3 is 9.47 Å². The Bertz CT molecular complexity index is 1280. The van der Waals surface area contributed by atoms with Crippen molar-refractivity contribution in [2.24, 2.45) is 11.0 Å². The molecular weight excluding hydrogens is 508 g/mol. The molecule has 1 aromatic carbocycles. The minimum Gasteiger partial charge on any atom is -0.493 e. The summed E-state index contributed by atoms with van der Waals surface area (Å²) in [5.74, 6) is 1.36. The van der Waals surface area contributed by atoms with Crippen molar-refractivity contribution in [3.8, 4) is 11.5 Å². The maximum atomic E-state index is 13.0. The molecular formula is C23H25BrN4O4S. The zero-order valence-electron chi connectivity index (χ0n) is 18.7. The number of benzene rings is 1. The maximum Gasteiger partial charge on any atom is 0.262 e. The lowest BCUT2D eigenvalue weighted by Crippen LogP contribution is -2.30. The standard InChI is InChI=1S/C23H25BrN4O4S/c1-4-32-21-16(24)8-14(9-17(21)31-3)10-26-27-19(29)11-28-12-25-22-20(23(28)30)15-6-5-13(2)7-18(15)33-22/h8-10,12-13H,4-7,11H2,1-3H3,(H,27,29)/b26-10-/t13-/m1/s1. The van der Waals surface area contributed by atoms with Gasteiger partial charge in [0.1, 0.15) is 11.4 Å². The van der Waals surface area contributed by atoms with Gasteiger partial charge in [0, 0.05) is 4.88 Å². The highest BCUT2D eigenvalue weighted by Gasteiger charge is 2.23. The van der Waals surface area contributed by atoms with Crippen molar-refractivity contribution < 1.29 is 14.3 Å². The number of aryl methyl sites for hydroxylation is 1. The van der Waals surface area contributed by atoms with Gasteiger partial charge in [0.2, 0.25) is 0 Å². The molecule has 8 nitrogen and oxygen atoms in total. The molecule has 3 aromatic rings. The van der Waals surface area contributed by atoms with Crippen molar-refractivity contribution in [1.82, 2.24) is 15.0 Å². The molecule has 174 valence electrons. The molecule has 33 heavy (non-hydrogen) atoms. The monoisotopic (exact) mass is 532 g/mol. The molecule has 10 heteroatoms. The summed E-state index contributed by atoms with van der Waals surface area (Å²) in [6.07, 6.45) is 5.87. The number of carbonyl (C=O) groups is 1. The first-order valence-corrected chi connectivity index (χ1v) is 12.3. The number of hydrogen-bond acceptors (Lipinski definition) is 7. The van der Waals surface area contributed by atoms with E-state index < -0.39 is 5.91 Å². The van der Waals surface area contributed by atoms with Gasteiger partial charge in [-0.05, 0) is 71.3 Å². The second-order valence-corrected chi connectivity index (χ2v) is 9.91. The zero-order chi connectivity index (χ0) is 23.5. The maximum absolute atomic E-state index is 13.0. The molecule has 0 saturated carbocycles. The molecule has 4 rings (SSSR count). The molecule has 2 aromatic heterocycles. The molecule has 0 aliphatic heterocycles. The largest absolute Gasteiger partial charge is 0.493 e. The molecule has 1 aliphatic rings. The van der Waals surface area contributed by atoms with Crippen LogP contribution in [-0.4, -0.2) is 35.4 Å². The number of fused-ring (bicyclic) bond motifs is 3. The number of hydrogen-bond donors (Lipinski definition) is 1. The number of carbonyl (C=O) groups excluding carboxylic acids is 1. The van der Waals surface area contributed by atoms with Crippen molar-refractivity contribution >= 4 is 49.6 Å². The SMILES string of the molecule is CCOc1c(Br)cc(/C=N\NC(=O)Cn2cnc3sc4c(c3c2=O)CC[C@@H](C)C4)cc1OC. The third kappa shape index (κ3) is 4.96. The van der Waals surface area contributed by atoms with E-state index >= 15 is 0 Å². The summed E-state index contributed by atoms with van der Waals surface area (Å²) in [5, 5.41) is 4.67. The Kier molecular flexibility index (Phi) is 7.14. The highest BCUT2D eigenvalue weighted by molar-refractivity contribution is 9.10. The third-order valence-corrected chi connectivity index (χ3v) is 7.29. The first-order valence-electron chi connectivity index (χ1n) is 10.7. The number of amides is 1. The molecule has 1 N–H and O–H groups in total. The Balaban J connectivity index is 1.47. The second kappa shape index (κ2) is 10.0. The van der Waals surface area contributed by atoms with Crippen LogP contribution in [0.3, 0.4) is 0 Å². The number of ether oxygens (including phenoxy) is 2. The molecule has 0 radical (unpaired) electrons. The summed E-state index contributed by atoms with van der Waals surface area (Å²) in [4.78, 5) is 31.9. The number of rotatable bonds is 7. The average Bonchev–Trinajstić information content (AvgIpc) is 3.15. The molecule has 0 unspecified atom stereocenters. The number of nitrogens with one attached hydrogen (secondary N) is 1. The highest BCUT2D eigenvalue weighted by atomic mass is 79.9. The molecule has 1 amide bonds. The topological polar surface area (TPSA) is 94.8 Å². The van der Waals surface area contributed by atoms with E-state index in [4.69, 9.17) is 9.47 Å². The van der Waals surface area contributed by atoms with Gasteiger partial charge in [-0.15, -0.1) is 11.3 Å². The highest BCUT2D eigenvalue weighted by Crippen LogP contribution is 2.36. The van der Waals surface area contributed by atoms with Crippen LogP contribution in [0.4, 0.5) is 0 Å². The fraction of sp³-hybridized carbons (Fsp3) is 0.391. The Hall–Kier alpha value is -2.72. The van der Waals surface area contributed by atoms with Crippen LogP contribution in [0.25, 0.3) is 10.2 Å². The van der Waals surface area contributed by atoms with Crippen LogP contribution in [0, 0.1) is 5.92 Å². The molecule has 0 saturated heterocycles. The van der Waals surface area contributed by atoms with Crippen LogP contribution < -0.4 is 20.5 Å².